The van der Waals surface area contributed by atoms with Crippen molar-refractivity contribution >= 4 is 50.5 Å². The number of nitrogens with zero attached hydrogens (tertiary/aromatic N) is 3. The molecule has 1 fully saturated rings. The van der Waals surface area contributed by atoms with E-state index in [0.717, 1.165) is 85.6 Å². The van der Waals surface area contributed by atoms with Gasteiger partial charge in [0.15, 0.2) is 5.78 Å². The maximum atomic E-state index is 12.7. The normalized spacial score (nSPS) is 14.0. The molecule has 1 aliphatic rings. The van der Waals surface area contributed by atoms with Crippen LogP contribution in [-0.4, -0.2) is 49.9 Å². The summed E-state index contributed by atoms with van der Waals surface area (Å²) >= 11 is 1.47. The maximum Gasteiger partial charge on any atom is 0.224 e. The second-order valence-corrected chi connectivity index (χ2v) is 11.9. The van der Waals surface area contributed by atoms with E-state index in [9.17, 15) is 9.59 Å². The zero-order valence-electron chi connectivity index (χ0n) is 23.0. The van der Waals surface area contributed by atoms with Gasteiger partial charge in [0.1, 0.15) is 5.69 Å². The lowest BCUT2D eigenvalue weighted by atomic mass is 9.94. The number of carbonyl (C=O) groups excluding carboxylic acids is 2. The summed E-state index contributed by atoms with van der Waals surface area (Å²) in [7, 11) is 0. The minimum Gasteiger partial charge on any atom is -0.352 e. The first kappa shape index (κ1) is 26.2. The first-order chi connectivity index (χ1) is 20.5. The summed E-state index contributed by atoms with van der Waals surface area (Å²) < 4.78 is 0. The Bertz CT molecular complexity index is 1950. The summed E-state index contributed by atoms with van der Waals surface area (Å²) in [6.45, 7) is 3.53. The highest BCUT2D eigenvalue weighted by Crippen LogP contribution is 2.37. The third-order valence-corrected chi connectivity index (χ3v) is 9.09. The highest BCUT2D eigenvalue weighted by atomic mass is 32.1. The second-order valence-electron chi connectivity index (χ2n) is 10.8. The van der Waals surface area contributed by atoms with E-state index >= 15 is 0 Å². The van der Waals surface area contributed by atoms with Gasteiger partial charge in [0.25, 0.3) is 0 Å². The van der Waals surface area contributed by atoms with Crippen LogP contribution in [0, 0.1) is 5.92 Å². The Labute approximate surface area is 245 Å². The predicted molar refractivity (Wildman–Crippen MR) is 167 cm³/mol. The van der Waals surface area contributed by atoms with Crippen LogP contribution in [0.3, 0.4) is 0 Å². The zero-order chi connectivity index (χ0) is 28.6. The number of fused-ring (bicyclic) bond motifs is 2. The van der Waals surface area contributed by atoms with Gasteiger partial charge in [-0.3, -0.25) is 24.7 Å². The molecule has 7 rings (SSSR count). The largest absolute Gasteiger partial charge is 0.352 e. The van der Waals surface area contributed by atoms with E-state index < -0.39 is 0 Å². The Kier molecular flexibility index (Phi) is 6.85. The number of pyridine rings is 2. The van der Waals surface area contributed by atoms with E-state index in [2.05, 4.69) is 47.9 Å². The van der Waals surface area contributed by atoms with Crippen LogP contribution in [0.15, 0.2) is 67.3 Å². The first-order valence-electron chi connectivity index (χ1n) is 14.0. The van der Waals surface area contributed by atoms with E-state index in [4.69, 9.17) is 0 Å². The Balaban J connectivity index is 1.19. The van der Waals surface area contributed by atoms with Gasteiger partial charge in [0.05, 0.1) is 39.7 Å². The van der Waals surface area contributed by atoms with Crippen LogP contribution in [0.5, 0.6) is 0 Å². The average molecular weight is 576 g/mol. The van der Waals surface area contributed by atoms with Gasteiger partial charge in [0, 0.05) is 45.6 Å². The molecular weight excluding hydrogens is 546 g/mol. The Morgan fingerprint density at radius 1 is 0.929 bits per heavy atom. The molecule has 9 nitrogen and oxygen atoms in total. The van der Waals surface area contributed by atoms with Gasteiger partial charge in [-0.2, -0.15) is 5.10 Å². The molecular formula is C32H29N7O2S. The first-order valence-corrected chi connectivity index (χ1v) is 14.9. The number of ketones is 1. The van der Waals surface area contributed by atoms with Crippen molar-refractivity contribution in [3.05, 3.63) is 72.1 Å². The third kappa shape index (κ3) is 5.10. The number of Topliss-reactive ketones (excluding diaryl/α,β-unsaturated/α-hetero) is 1. The smallest absolute Gasteiger partial charge is 0.224 e. The van der Waals surface area contributed by atoms with Crippen LogP contribution in [0.25, 0.3) is 54.8 Å². The van der Waals surface area contributed by atoms with Gasteiger partial charge < -0.3 is 15.6 Å². The van der Waals surface area contributed by atoms with Crippen LogP contribution >= 0.6 is 11.3 Å². The number of H-pyrrole nitrogens is 2. The van der Waals surface area contributed by atoms with Crippen LogP contribution in [0.4, 0.5) is 5.69 Å². The van der Waals surface area contributed by atoms with E-state index in [0.29, 0.717) is 18.0 Å². The standard InChI is InChI=1S/C32H29N7O2S/c1-18(40)29-4-5-30(42-29)25-16-35-17-28-23(25)13-27(37-28)32-24-12-20(2-3-26(24)38-39-32)21-11-22(15-34-14-21)36-31(41)10-19-6-8-33-9-7-19/h2-5,11-17,19,33,37H,6-10H2,1H3,(H,36,41)(H,38,39). The Morgan fingerprint density at radius 3 is 2.62 bits per heavy atom. The average Bonchev–Trinajstić information content (AvgIpc) is 3.75. The van der Waals surface area contributed by atoms with Gasteiger partial charge in [-0.15, -0.1) is 11.3 Å². The fourth-order valence-electron chi connectivity index (χ4n) is 5.67. The SMILES string of the molecule is CC(=O)c1ccc(-c2cncc3[nH]c(-c4n[nH]c5ccc(-c6cncc(NC(=O)CC7CCNCC7)c6)cc45)cc23)s1. The molecule has 1 saturated heterocycles. The molecule has 42 heavy (non-hydrogen) atoms. The third-order valence-electron chi connectivity index (χ3n) is 7.87. The molecule has 0 saturated carbocycles. The van der Waals surface area contributed by atoms with Crippen molar-refractivity contribution in [2.45, 2.75) is 26.2 Å². The number of amides is 1. The summed E-state index contributed by atoms with van der Waals surface area (Å²) in [5.74, 6) is 0.505. The molecule has 10 heteroatoms. The van der Waals surface area contributed by atoms with Gasteiger partial charge >= 0.3 is 0 Å². The second kappa shape index (κ2) is 11.0. The molecule has 1 aromatic carbocycles. The highest BCUT2D eigenvalue weighted by molar-refractivity contribution is 7.17. The lowest BCUT2D eigenvalue weighted by Crippen LogP contribution is -2.30. The van der Waals surface area contributed by atoms with Crippen molar-refractivity contribution in [1.82, 2.24) is 30.5 Å². The fourth-order valence-corrected chi connectivity index (χ4v) is 6.60. The number of thiophene rings is 1. The van der Waals surface area contributed by atoms with Crippen molar-refractivity contribution in [2.75, 3.05) is 18.4 Å². The molecule has 0 aliphatic carbocycles. The number of hydrogen-bond donors (Lipinski definition) is 4. The van der Waals surface area contributed by atoms with Gasteiger partial charge in [-0.05, 0) is 80.7 Å². The van der Waals surface area contributed by atoms with Gasteiger partial charge in [0.2, 0.25) is 5.91 Å². The quantitative estimate of drug-likeness (QED) is 0.163. The van der Waals surface area contributed by atoms with E-state index in [-0.39, 0.29) is 11.7 Å². The highest BCUT2D eigenvalue weighted by Gasteiger charge is 2.18. The summed E-state index contributed by atoms with van der Waals surface area (Å²) in [4.78, 5) is 38.6. The monoisotopic (exact) mass is 575 g/mol. The molecule has 210 valence electrons. The molecule has 4 N–H and O–H groups in total. The topological polar surface area (TPSA) is 128 Å². The number of nitrogens with one attached hydrogen (secondary N) is 4. The number of anilines is 1. The van der Waals surface area contributed by atoms with E-state index in [1.807, 2.05) is 36.5 Å². The van der Waals surface area contributed by atoms with Crippen molar-refractivity contribution in [2.24, 2.45) is 5.92 Å². The van der Waals surface area contributed by atoms with E-state index in [1.165, 1.54) is 11.3 Å². The molecule has 0 radical (unpaired) electrons. The summed E-state index contributed by atoms with van der Waals surface area (Å²) in [6, 6.07) is 14.0. The lowest BCUT2D eigenvalue weighted by Gasteiger charge is -2.21. The molecule has 0 spiro atoms. The zero-order valence-corrected chi connectivity index (χ0v) is 23.8. The number of aromatic amines is 2. The summed E-state index contributed by atoms with van der Waals surface area (Å²) in [5, 5.41) is 16.2. The van der Waals surface area contributed by atoms with Crippen LogP contribution in [0.1, 0.15) is 35.9 Å². The van der Waals surface area contributed by atoms with Crippen LogP contribution in [-0.2, 0) is 4.79 Å². The molecule has 1 aliphatic heterocycles. The predicted octanol–water partition coefficient (Wildman–Crippen LogP) is 6.43. The minimum absolute atomic E-state index is 0.0289. The number of hydrogen-bond acceptors (Lipinski definition) is 7. The minimum atomic E-state index is 0.0289. The molecule has 6 heterocycles. The molecule has 1 amide bonds. The van der Waals surface area contributed by atoms with Crippen molar-refractivity contribution in [3.63, 3.8) is 0 Å². The van der Waals surface area contributed by atoms with Crippen molar-refractivity contribution < 1.29 is 9.59 Å². The summed E-state index contributed by atoms with van der Waals surface area (Å²) in [6.07, 6.45) is 9.72. The van der Waals surface area contributed by atoms with Crippen LogP contribution in [0.2, 0.25) is 0 Å². The molecule has 0 atom stereocenters. The van der Waals surface area contributed by atoms with Gasteiger partial charge in [-0.25, -0.2) is 0 Å². The fraction of sp³-hybridized carbons (Fsp3) is 0.219. The molecule has 5 aromatic heterocycles. The number of aromatic nitrogens is 5. The Hall–Kier alpha value is -4.67. The molecule has 6 aromatic rings. The lowest BCUT2D eigenvalue weighted by molar-refractivity contribution is -0.117. The molecule has 0 unspecified atom stereocenters. The van der Waals surface area contributed by atoms with Crippen molar-refractivity contribution in [1.29, 1.82) is 0 Å². The van der Waals surface area contributed by atoms with Gasteiger partial charge in [-0.1, -0.05) is 6.07 Å². The Morgan fingerprint density at radius 2 is 1.79 bits per heavy atom. The van der Waals surface area contributed by atoms with Crippen LogP contribution < -0.4 is 10.6 Å². The number of piperidine rings is 1. The van der Waals surface area contributed by atoms with E-state index in [1.54, 1.807) is 25.5 Å². The number of rotatable bonds is 7. The number of carbonyl (C=O) groups is 2. The van der Waals surface area contributed by atoms with Crippen molar-refractivity contribution in [3.8, 4) is 33.0 Å². The maximum absolute atomic E-state index is 12.7. The molecule has 0 bridgehead atoms. The number of benzene rings is 1. The summed E-state index contributed by atoms with van der Waals surface area (Å²) in [5.41, 5.74) is 7.01.